The van der Waals surface area contributed by atoms with E-state index in [1.807, 2.05) is 0 Å². The third-order valence-corrected chi connectivity index (χ3v) is 20.4. The highest BCUT2D eigenvalue weighted by molar-refractivity contribution is 7.87. The molecule has 0 fully saturated rings. The van der Waals surface area contributed by atoms with Crippen LogP contribution in [0.5, 0.6) is 0 Å². The molecule has 5 aromatic carbocycles. The lowest BCUT2D eigenvalue weighted by molar-refractivity contribution is -0.437. The molecule has 2 atom stereocenters. The molecule has 0 spiro atoms. The van der Waals surface area contributed by atoms with E-state index in [1.165, 1.54) is 50.6 Å². The summed E-state index contributed by atoms with van der Waals surface area (Å²) in [6.07, 6.45) is 5.69. The summed E-state index contributed by atoms with van der Waals surface area (Å²) >= 11 is 0. The highest BCUT2D eigenvalue weighted by Crippen LogP contribution is 2.54. The van der Waals surface area contributed by atoms with Gasteiger partial charge in [0.25, 0.3) is 66.6 Å². The number of fused-ring (bicyclic) bond motifs is 6. The summed E-state index contributed by atoms with van der Waals surface area (Å²) in [4.78, 5) is 22.9. The molecule has 0 saturated carbocycles. The van der Waals surface area contributed by atoms with Crippen molar-refractivity contribution in [2.24, 2.45) is 0 Å². The fourth-order valence-electron chi connectivity index (χ4n) is 11.6. The molecule has 2 unspecified atom stereocenters. The van der Waals surface area contributed by atoms with Crippen LogP contribution in [0, 0.1) is 13.8 Å². The molecule has 0 saturated heterocycles. The van der Waals surface area contributed by atoms with Crippen LogP contribution >= 0.6 is 0 Å². The van der Waals surface area contributed by atoms with Crippen LogP contribution < -0.4 is 10.2 Å². The maximum absolute atomic E-state index is 13.5. The van der Waals surface area contributed by atoms with Crippen molar-refractivity contribution in [1.82, 2.24) is 5.32 Å². The van der Waals surface area contributed by atoms with Crippen LogP contribution in [0.25, 0.3) is 27.1 Å². The van der Waals surface area contributed by atoms with Crippen LogP contribution in [0.3, 0.4) is 0 Å². The SMILES string of the molecule is COCCC1(C)C(/C=C/C(=C/C=C2/N(CCCS(=O)(=O)O)c3ccc4c(S(=O)(=O)O)cc(S(=O)(=O)O)cc4c3C2(C)CCOC)c2c(C)cc(C(=O)NCCC(=O)O)cc2C)=[N+](CCCS(=O)(=O)O)c2ccc3c(S(=O)(=O)O)cc(S(=O)(=O)O)cc3c21. The summed E-state index contributed by atoms with van der Waals surface area (Å²) in [5, 5.41) is 11.3. The number of nitrogens with zero attached hydrogens (tertiary/aromatic N) is 2. The second-order valence-corrected chi connectivity index (χ2v) is 30.1. The number of rotatable bonds is 26. The number of amides is 1. The van der Waals surface area contributed by atoms with E-state index in [2.05, 4.69) is 5.32 Å². The van der Waals surface area contributed by atoms with Gasteiger partial charge in [-0.05, 0) is 146 Å². The van der Waals surface area contributed by atoms with Gasteiger partial charge in [0.05, 0.1) is 33.1 Å². The van der Waals surface area contributed by atoms with Crippen molar-refractivity contribution >= 4 is 117 Å². The minimum absolute atomic E-state index is 0.0232. The van der Waals surface area contributed by atoms with E-state index in [0.717, 1.165) is 12.1 Å². The Balaban J connectivity index is 1.61. The monoisotopic (exact) mass is 1330 g/mol. The summed E-state index contributed by atoms with van der Waals surface area (Å²) in [5.74, 6) is -3.28. The van der Waals surface area contributed by atoms with Gasteiger partial charge in [0.15, 0.2) is 5.71 Å². The summed E-state index contributed by atoms with van der Waals surface area (Å²) in [6, 6.07) is 11.8. The Bertz CT molecular complexity index is 4500. The quantitative estimate of drug-likeness (QED) is 0.0176. The summed E-state index contributed by atoms with van der Waals surface area (Å²) < 4.78 is 226. The number of anilines is 1. The number of hydrogen-bond acceptors (Lipinski definition) is 17. The van der Waals surface area contributed by atoms with Crippen LogP contribution in [0.4, 0.5) is 11.4 Å². The predicted octanol–water partition coefficient (Wildman–Crippen LogP) is 6.09. The minimum atomic E-state index is -5.21. The zero-order valence-electron chi connectivity index (χ0n) is 47.6. The summed E-state index contributed by atoms with van der Waals surface area (Å²) in [5.41, 5.74) is 0.630. The maximum Gasteiger partial charge on any atom is 0.305 e. The van der Waals surface area contributed by atoms with Gasteiger partial charge in [0, 0.05) is 97.8 Å². The number of ether oxygens (including phenoxy) is 2. The van der Waals surface area contributed by atoms with E-state index in [4.69, 9.17) is 9.47 Å². The Kier molecular flexibility index (Phi) is 19.8. The van der Waals surface area contributed by atoms with Crippen LogP contribution in [0.15, 0.2) is 110 Å². The van der Waals surface area contributed by atoms with Gasteiger partial charge in [-0.3, -0.25) is 36.9 Å². The van der Waals surface area contributed by atoms with E-state index in [1.54, 1.807) is 61.5 Å². The summed E-state index contributed by atoms with van der Waals surface area (Å²) in [7, 11) is -27.2. The van der Waals surface area contributed by atoms with Crippen molar-refractivity contribution in [3.05, 3.63) is 124 Å². The number of carboxylic acids is 1. The molecule has 0 bridgehead atoms. The number of carbonyl (C=O) groups is 2. The third-order valence-electron chi connectivity index (χ3n) is 15.4. The van der Waals surface area contributed by atoms with Gasteiger partial charge in [0.2, 0.25) is 5.69 Å². The lowest BCUT2D eigenvalue weighted by atomic mass is 9.74. The van der Waals surface area contributed by atoms with Crippen molar-refractivity contribution in [2.75, 3.05) is 63.5 Å². The molecule has 8 N–H and O–H groups in total. The average Bonchev–Trinajstić information content (AvgIpc) is 1.61. The lowest BCUT2D eigenvalue weighted by Crippen LogP contribution is -2.33. The van der Waals surface area contributed by atoms with E-state index >= 15 is 0 Å². The van der Waals surface area contributed by atoms with E-state index in [9.17, 15) is 92.5 Å². The topological polar surface area (TPSA) is 417 Å². The first-order chi connectivity index (χ1) is 40.2. The van der Waals surface area contributed by atoms with Gasteiger partial charge in [-0.2, -0.15) is 55.1 Å². The number of aryl methyl sites for hydroxylation is 2. The third kappa shape index (κ3) is 14.9. The second-order valence-electron chi connectivity index (χ2n) is 21.4. The molecule has 5 aromatic rings. The Hall–Kier alpha value is -6.37. The van der Waals surface area contributed by atoms with Gasteiger partial charge in [0.1, 0.15) is 16.3 Å². The first-order valence-electron chi connectivity index (χ1n) is 26.3. The second kappa shape index (κ2) is 25.3. The predicted molar refractivity (Wildman–Crippen MR) is 320 cm³/mol. The van der Waals surface area contributed by atoms with Crippen molar-refractivity contribution in [2.45, 2.75) is 90.2 Å². The molecule has 0 aromatic heterocycles. The molecule has 7 rings (SSSR count). The number of allylic oxidation sites excluding steroid dienone is 6. The van der Waals surface area contributed by atoms with Crippen LogP contribution in [0.2, 0.25) is 0 Å². The van der Waals surface area contributed by atoms with E-state index in [-0.39, 0.29) is 115 Å². The number of carbonyl (C=O) groups excluding carboxylic acids is 1. The van der Waals surface area contributed by atoms with Crippen molar-refractivity contribution in [1.29, 1.82) is 0 Å². The highest BCUT2D eigenvalue weighted by atomic mass is 32.2. The van der Waals surface area contributed by atoms with Crippen LogP contribution in [-0.4, -0.2) is 164 Å². The summed E-state index contributed by atoms with van der Waals surface area (Å²) in [6.45, 7) is 6.09. The molecule has 32 heteroatoms. The van der Waals surface area contributed by atoms with Gasteiger partial charge in [-0.1, -0.05) is 12.1 Å². The first kappa shape index (κ1) is 68.1. The fraction of sp³-hybridized carbons (Fsp3) is 0.364. The molecule has 87 heavy (non-hydrogen) atoms. The number of nitrogens with one attached hydrogen (secondary N) is 1. The van der Waals surface area contributed by atoms with Gasteiger partial charge in [-0.15, -0.1) is 0 Å². The molecule has 2 aliphatic rings. The molecular formula is C55H64N3O23S6+. The normalized spacial score (nSPS) is 18.4. The number of benzene rings is 5. The Morgan fingerprint density at radius 3 is 1.64 bits per heavy atom. The number of carboxylic acid groups (broad SMARTS) is 1. The Morgan fingerprint density at radius 1 is 0.644 bits per heavy atom. The van der Waals surface area contributed by atoms with E-state index in [0.29, 0.717) is 45.8 Å². The fourth-order valence-corrected chi connectivity index (χ4v) is 15.3. The Morgan fingerprint density at radius 2 is 1.15 bits per heavy atom. The van der Waals surface area contributed by atoms with E-state index < -0.39 is 115 Å². The highest BCUT2D eigenvalue weighted by Gasteiger charge is 2.50. The number of hydrogen-bond donors (Lipinski definition) is 8. The molecule has 26 nitrogen and oxygen atoms in total. The molecular weight excluding hydrogens is 1260 g/mol. The van der Waals surface area contributed by atoms with Crippen molar-refractivity contribution < 1.29 is 107 Å². The van der Waals surface area contributed by atoms with Gasteiger partial charge >= 0.3 is 5.97 Å². The number of aliphatic carboxylic acids is 1. The largest absolute Gasteiger partial charge is 0.481 e. The first-order valence-corrected chi connectivity index (χ1v) is 35.3. The maximum atomic E-state index is 13.5. The molecule has 0 aliphatic carbocycles. The molecule has 2 heterocycles. The van der Waals surface area contributed by atoms with Crippen LogP contribution in [0.1, 0.15) is 84.1 Å². The number of methoxy groups -OCH3 is 2. The minimum Gasteiger partial charge on any atom is -0.481 e. The lowest BCUT2D eigenvalue weighted by Gasteiger charge is -2.31. The molecule has 1 amide bonds. The molecule has 472 valence electrons. The Labute approximate surface area is 503 Å². The zero-order chi connectivity index (χ0) is 64.8. The van der Waals surface area contributed by atoms with Gasteiger partial charge in [-0.25, -0.2) is 0 Å². The molecule has 0 radical (unpaired) electrons. The smallest absolute Gasteiger partial charge is 0.305 e. The standard InChI is InChI=1S/C55H63N3O23S6/c1-33-27-36(53(61)56-20-17-49(59)60)28-34(2)50(33)35(9-15-47-54(3,18-23-80-5)51-41-29-37(84(68,69)70)31-45(86(74,75)76)39(41)11-13-43(51)57(47)21-7-25-82(62,63)64)10-16-48-55(4,19-24-81-6)52-42-30-38(85(71,72)73)32-46(87(77,78)79)40(42)12-14-44(52)58(48)22-8-26-83(65,66)67/h9-16,27-32H,7-8,17-26H2,1-6H3,(H7-,56,59,60,61,62,63,64,65,66,67,68,69,70,71,72,73,74,75,76,77,78,79)/p+1. The zero-order valence-corrected chi connectivity index (χ0v) is 52.5. The van der Waals surface area contributed by atoms with Gasteiger partial charge < -0.3 is 24.8 Å². The molecule has 2 aliphatic heterocycles. The van der Waals surface area contributed by atoms with Crippen molar-refractivity contribution in [3.8, 4) is 0 Å². The van der Waals surface area contributed by atoms with Crippen LogP contribution in [-0.2, 0) is 85.8 Å². The average molecular weight is 1330 g/mol. The van der Waals surface area contributed by atoms with Crippen molar-refractivity contribution in [3.63, 3.8) is 0 Å².